The van der Waals surface area contributed by atoms with E-state index in [1.807, 2.05) is 54.6 Å². The number of H-pyrrole nitrogens is 1. The van der Waals surface area contributed by atoms with Crippen molar-refractivity contribution in [2.45, 2.75) is 44.6 Å². The molecule has 1 aromatic heterocycles. The number of nitrogens with one attached hydrogen (secondary N) is 1. The summed E-state index contributed by atoms with van der Waals surface area (Å²) in [5.41, 5.74) is 1.66. The zero-order chi connectivity index (χ0) is 32.3. The maximum absolute atomic E-state index is 13.7. The first-order chi connectivity index (χ1) is 22.2. The van der Waals surface area contributed by atoms with Crippen LogP contribution < -0.4 is 11.2 Å². The fourth-order valence-corrected chi connectivity index (χ4v) is 8.56. The third kappa shape index (κ3) is 6.58. The molecule has 1 unspecified atom stereocenters. The zero-order valence-electron chi connectivity index (χ0n) is 26.1. The van der Waals surface area contributed by atoms with Gasteiger partial charge in [0, 0.05) is 37.9 Å². The van der Waals surface area contributed by atoms with Crippen molar-refractivity contribution in [1.29, 1.82) is 0 Å². The normalized spacial score (nSPS) is 21.5. The molecule has 0 amide bonds. The molecule has 46 heavy (non-hydrogen) atoms. The lowest BCUT2D eigenvalue weighted by molar-refractivity contribution is -0.148. The van der Waals surface area contributed by atoms with Crippen molar-refractivity contribution >= 4 is 18.1 Å². The number of rotatable bonds is 9. The minimum absolute atomic E-state index is 0.0502. The second-order valence-corrected chi connectivity index (χ2v) is 15.3. The summed E-state index contributed by atoms with van der Waals surface area (Å²) in [6.45, 7) is 2.04. The van der Waals surface area contributed by atoms with Crippen LogP contribution in [0.3, 0.4) is 0 Å². The Morgan fingerprint density at radius 2 is 1.41 bits per heavy atom. The lowest BCUT2D eigenvalue weighted by atomic mass is 9.75. The first-order valence-electron chi connectivity index (χ1n) is 15.8. The average Bonchev–Trinajstić information content (AvgIpc) is 3.07. The first kappa shape index (κ1) is 32.6. The molecule has 2 fully saturated rings. The number of benzene rings is 3. The summed E-state index contributed by atoms with van der Waals surface area (Å²) >= 11 is 6.61. The molecule has 11 heteroatoms. The summed E-state index contributed by atoms with van der Waals surface area (Å²) in [4.78, 5) is 30.2. The molecule has 3 aromatic carbocycles. The Hall–Kier alpha value is -3.30. The van der Waals surface area contributed by atoms with E-state index in [2.05, 4.69) is 53.2 Å². The Bertz CT molecular complexity index is 1680. The number of aromatic nitrogens is 2. The van der Waals surface area contributed by atoms with Crippen molar-refractivity contribution in [3.8, 4) is 0 Å². The van der Waals surface area contributed by atoms with Crippen LogP contribution in [0, 0.1) is 12.8 Å². The SMILES string of the molecule is Cc1cn([C@H]2CN(C(c3ccccc3)(c3ccccc3)c3ccccc3)C[C@@H](COP(=O)(Cl)N3CCC(C)CC3)O2)c(=O)[nH]c1=O. The summed E-state index contributed by atoms with van der Waals surface area (Å²) in [7, 11) is 0. The molecule has 242 valence electrons. The number of ether oxygens (including phenoxy) is 1. The maximum Gasteiger partial charge on any atom is 0.363 e. The van der Waals surface area contributed by atoms with E-state index in [0.717, 1.165) is 29.5 Å². The van der Waals surface area contributed by atoms with E-state index in [1.165, 1.54) is 10.8 Å². The Labute approximate surface area is 274 Å². The number of halogens is 1. The maximum atomic E-state index is 13.7. The van der Waals surface area contributed by atoms with Crippen molar-refractivity contribution in [3.05, 3.63) is 140 Å². The van der Waals surface area contributed by atoms with E-state index < -0.39 is 36.0 Å². The van der Waals surface area contributed by atoms with Gasteiger partial charge in [0.2, 0.25) is 0 Å². The van der Waals surface area contributed by atoms with Crippen LogP contribution in [0.1, 0.15) is 48.2 Å². The van der Waals surface area contributed by atoms with Gasteiger partial charge in [0.1, 0.15) is 0 Å². The Kier molecular flexibility index (Phi) is 9.80. The van der Waals surface area contributed by atoms with E-state index >= 15 is 0 Å². The molecule has 1 N–H and O–H groups in total. The molecule has 9 nitrogen and oxygen atoms in total. The molecule has 6 rings (SSSR count). The number of aromatic amines is 1. The molecule has 2 saturated heterocycles. The van der Waals surface area contributed by atoms with Gasteiger partial charge in [0.25, 0.3) is 5.56 Å². The Balaban J connectivity index is 1.46. The quantitative estimate of drug-likeness (QED) is 0.170. The van der Waals surface area contributed by atoms with Crippen LogP contribution in [0.15, 0.2) is 107 Å². The molecule has 0 radical (unpaired) electrons. The lowest BCUT2D eigenvalue weighted by Crippen LogP contribution is -2.58. The molecule has 0 spiro atoms. The fraction of sp³-hybridized carbons (Fsp3) is 0.371. The van der Waals surface area contributed by atoms with E-state index in [4.69, 9.17) is 20.5 Å². The van der Waals surface area contributed by atoms with Crippen molar-refractivity contribution in [1.82, 2.24) is 19.1 Å². The summed E-state index contributed by atoms with van der Waals surface area (Å²) in [6, 6.07) is 30.7. The average molecular weight is 663 g/mol. The topological polar surface area (TPSA) is 96.9 Å². The van der Waals surface area contributed by atoms with Crippen LogP contribution in [0.5, 0.6) is 0 Å². The second kappa shape index (κ2) is 13.8. The third-order valence-corrected chi connectivity index (χ3v) is 11.7. The van der Waals surface area contributed by atoms with Gasteiger partial charge in [-0.25, -0.2) is 9.46 Å². The summed E-state index contributed by atoms with van der Waals surface area (Å²) in [6.07, 6.45) is 1.91. The van der Waals surface area contributed by atoms with Crippen molar-refractivity contribution < 1.29 is 13.8 Å². The van der Waals surface area contributed by atoms with Crippen LogP contribution in [0.2, 0.25) is 0 Å². The molecule has 3 heterocycles. The van der Waals surface area contributed by atoms with Crippen molar-refractivity contribution in [3.63, 3.8) is 0 Å². The summed E-state index contributed by atoms with van der Waals surface area (Å²) in [5.74, 6) is 0.546. The first-order valence-corrected chi connectivity index (χ1v) is 18.3. The number of aryl methyl sites for hydroxylation is 1. The number of nitrogens with zero attached hydrogens (tertiary/aromatic N) is 3. The minimum Gasteiger partial charge on any atom is -0.350 e. The van der Waals surface area contributed by atoms with Crippen LogP contribution in [-0.4, -0.2) is 58.0 Å². The molecule has 0 aliphatic carbocycles. The number of piperidine rings is 1. The van der Waals surface area contributed by atoms with Gasteiger partial charge >= 0.3 is 12.6 Å². The highest BCUT2D eigenvalue weighted by atomic mass is 35.7. The van der Waals surface area contributed by atoms with Gasteiger partial charge in [-0.3, -0.25) is 23.8 Å². The predicted molar refractivity (Wildman–Crippen MR) is 180 cm³/mol. The molecular weight excluding hydrogens is 623 g/mol. The van der Waals surface area contributed by atoms with E-state index in [9.17, 15) is 14.2 Å². The van der Waals surface area contributed by atoms with Gasteiger partial charge in [-0.05, 0) is 53.6 Å². The van der Waals surface area contributed by atoms with Gasteiger partial charge < -0.3 is 9.26 Å². The van der Waals surface area contributed by atoms with Gasteiger partial charge in [0.15, 0.2) is 6.23 Å². The Morgan fingerprint density at radius 3 is 1.93 bits per heavy atom. The van der Waals surface area contributed by atoms with Gasteiger partial charge in [-0.1, -0.05) is 97.9 Å². The van der Waals surface area contributed by atoms with Gasteiger partial charge in [-0.2, -0.15) is 0 Å². The van der Waals surface area contributed by atoms with E-state index in [0.29, 0.717) is 37.7 Å². The monoisotopic (exact) mass is 662 g/mol. The van der Waals surface area contributed by atoms with Crippen molar-refractivity contribution in [2.24, 2.45) is 5.92 Å². The van der Waals surface area contributed by atoms with Crippen molar-refractivity contribution in [2.75, 3.05) is 32.8 Å². The highest BCUT2D eigenvalue weighted by Gasteiger charge is 2.47. The molecule has 3 atom stereocenters. The highest BCUT2D eigenvalue weighted by molar-refractivity contribution is 7.83. The lowest BCUT2D eigenvalue weighted by Gasteiger charge is -2.50. The molecule has 0 saturated carbocycles. The highest BCUT2D eigenvalue weighted by Crippen LogP contribution is 2.57. The molecule has 4 aromatic rings. The van der Waals surface area contributed by atoms with Crippen LogP contribution in [-0.2, 0) is 19.4 Å². The van der Waals surface area contributed by atoms with Crippen LogP contribution >= 0.6 is 18.1 Å². The third-order valence-electron chi connectivity index (χ3n) is 9.17. The van der Waals surface area contributed by atoms with Crippen LogP contribution in [0.4, 0.5) is 0 Å². The molecular formula is C35H40ClN4O5P. The number of morpholine rings is 1. The van der Waals surface area contributed by atoms with Gasteiger partial charge in [-0.15, -0.1) is 0 Å². The van der Waals surface area contributed by atoms with E-state index in [-0.39, 0.29) is 6.61 Å². The fourth-order valence-electron chi connectivity index (χ4n) is 6.71. The minimum atomic E-state index is -3.62. The van der Waals surface area contributed by atoms with E-state index in [1.54, 1.807) is 11.6 Å². The zero-order valence-corrected chi connectivity index (χ0v) is 27.8. The predicted octanol–water partition coefficient (Wildman–Crippen LogP) is 6.13. The van der Waals surface area contributed by atoms with Gasteiger partial charge in [0.05, 0.1) is 18.2 Å². The summed E-state index contributed by atoms with van der Waals surface area (Å²) < 4.78 is 29.4. The standard InChI is InChI=1S/C35H40ClN4O5P/c1-26-18-20-39(21-19-26)46(36,43)44-25-31-23-38(24-32(45-31)40-22-27(2)33(41)37-34(40)42)35(28-12-6-3-7-13-28,29-14-8-4-9-15-29)30-16-10-5-11-17-30/h3-17,22,26,31-32H,18-21,23-25H2,1-2H3,(H,37,41,42)/t31-,32+,46?/m0/s1. The smallest absolute Gasteiger partial charge is 0.350 e. The largest absolute Gasteiger partial charge is 0.363 e. The van der Waals surface area contributed by atoms with Crippen LogP contribution in [0.25, 0.3) is 0 Å². The molecule has 2 aliphatic heterocycles. The number of hydrogen-bond donors (Lipinski definition) is 1. The number of hydrogen-bond acceptors (Lipinski definition) is 6. The molecule has 2 aliphatic rings. The molecule has 0 bridgehead atoms. The second-order valence-electron chi connectivity index (χ2n) is 12.3. The summed E-state index contributed by atoms with van der Waals surface area (Å²) in [5, 5.41) is 0. The Morgan fingerprint density at radius 1 is 0.891 bits per heavy atom.